The third kappa shape index (κ3) is 3.70. The largest absolute Gasteiger partial charge is 0.373 e. The number of para-hydroxylation sites is 1. The summed E-state index contributed by atoms with van der Waals surface area (Å²) in [6, 6.07) is 9.55. The maximum atomic E-state index is 12.5. The zero-order valence-corrected chi connectivity index (χ0v) is 13.0. The minimum absolute atomic E-state index is 0.0700. The van der Waals surface area contributed by atoms with Gasteiger partial charge in [0.1, 0.15) is 5.82 Å². The van der Waals surface area contributed by atoms with Crippen LogP contribution in [0, 0.1) is 0 Å². The van der Waals surface area contributed by atoms with Crippen LogP contribution in [0.3, 0.4) is 0 Å². The Hall–Kier alpha value is -2.14. The van der Waals surface area contributed by atoms with Crippen LogP contribution in [0.4, 0.5) is 5.82 Å². The average Bonchev–Trinajstić information content (AvgIpc) is 2.44. The smallest absolute Gasteiger partial charge is 0.252 e. The highest BCUT2D eigenvalue weighted by Gasteiger charge is 2.15. The van der Waals surface area contributed by atoms with Gasteiger partial charge in [0.15, 0.2) is 0 Å². The maximum Gasteiger partial charge on any atom is 0.252 e. The van der Waals surface area contributed by atoms with E-state index in [0.717, 1.165) is 17.4 Å². The lowest BCUT2D eigenvalue weighted by molar-refractivity contribution is 0.0936. The standard InChI is InChI=1S/C16H22N4O/c1-11(10-20(3)4)18-16(21)13-9-15(17-2)19-14-8-6-5-7-12(13)14/h5-9,11H,10H2,1-4H3,(H,17,19)(H,18,21). The molecule has 0 saturated carbocycles. The van der Waals surface area contributed by atoms with Gasteiger partial charge >= 0.3 is 0 Å². The van der Waals surface area contributed by atoms with Crippen molar-refractivity contribution in [1.82, 2.24) is 15.2 Å². The molecule has 0 aliphatic carbocycles. The Morgan fingerprint density at radius 1 is 1.33 bits per heavy atom. The van der Waals surface area contributed by atoms with Gasteiger partial charge in [-0.3, -0.25) is 4.79 Å². The number of amides is 1. The van der Waals surface area contributed by atoms with Gasteiger partial charge in [0.05, 0.1) is 11.1 Å². The number of hydrogen-bond donors (Lipinski definition) is 2. The number of fused-ring (bicyclic) bond motifs is 1. The van der Waals surface area contributed by atoms with Gasteiger partial charge in [0.2, 0.25) is 0 Å². The number of rotatable bonds is 5. The lowest BCUT2D eigenvalue weighted by Gasteiger charge is -2.19. The van der Waals surface area contributed by atoms with E-state index in [1.165, 1.54) is 0 Å². The van der Waals surface area contributed by atoms with E-state index in [2.05, 4.69) is 20.5 Å². The van der Waals surface area contributed by atoms with Crippen molar-refractivity contribution < 1.29 is 4.79 Å². The number of anilines is 1. The first-order valence-electron chi connectivity index (χ1n) is 7.04. The van der Waals surface area contributed by atoms with Crippen molar-refractivity contribution in [2.75, 3.05) is 33.0 Å². The molecule has 0 radical (unpaired) electrons. The highest BCUT2D eigenvalue weighted by atomic mass is 16.1. The summed E-state index contributed by atoms with van der Waals surface area (Å²) < 4.78 is 0. The Labute approximate surface area is 125 Å². The molecule has 0 spiro atoms. The van der Waals surface area contributed by atoms with Crippen LogP contribution in [0.5, 0.6) is 0 Å². The molecule has 1 amide bonds. The summed E-state index contributed by atoms with van der Waals surface area (Å²) in [5, 5.41) is 6.90. The second-order valence-corrected chi connectivity index (χ2v) is 5.46. The fraction of sp³-hybridized carbons (Fsp3) is 0.375. The van der Waals surface area contributed by atoms with Gasteiger partial charge < -0.3 is 15.5 Å². The first-order chi connectivity index (χ1) is 10.0. The number of nitrogens with zero attached hydrogens (tertiary/aromatic N) is 2. The van der Waals surface area contributed by atoms with Crippen molar-refractivity contribution in [3.05, 3.63) is 35.9 Å². The van der Waals surface area contributed by atoms with Crippen LogP contribution in [0.15, 0.2) is 30.3 Å². The number of hydrogen-bond acceptors (Lipinski definition) is 4. The predicted molar refractivity (Wildman–Crippen MR) is 86.8 cm³/mol. The minimum atomic E-state index is -0.0700. The molecule has 0 saturated heterocycles. The summed E-state index contributed by atoms with van der Waals surface area (Å²) in [6.45, 7) is 2.80. The molecule has 5 heteroatoms. The second kappa shape index (κ2) is 6.54. The summed E-state index contributed by atoms with van der Waals surface area (Å²) in [6.07, 6.45) is 0. The Morgan fingerprint density at radius 3 is 2.71 bits per heavy atom. The van der Waals surface area contributed by atoms with Gasteiger partial charge in [0, 0.05) is 25.0 Å². The number of aromatic nitrogens is 1. The molecule has 2 aromatic rings. The molecule has 0 bridgehead atoms. The van der Waals surface area contributed by atoms with E-state index in [1.807, 2.05) is 45.3 Å². The number of carbonyl (C=O) groups is 1. The highest BCUT2D eigenvalue weighted by Crippen LogP contribution is 2.20. The fourth-order valence-corrected chi connectivity index (χ4v) is 2.39. The van der Waals surface area contributed by atoms with E-state index in [4.69, 9.17) is 0 Å². The fourth-order valence-electron chi connectivity index (χ4n) is 2.39. The summed E-state index contributed by atoms with van der Waals surface area (Å²) in [5.74, 6) is 0.624. The molecule has 0 aliphatic heterocycles. The van der Waals surface area contributed by atoms with Crippen molar-refractivity contribution in [2.24, 2.45) is 0 Å². The van der Waals surface area contributed by atoms with Crippen LogP contribution in [0.25, 0.3) is 10.9 Å². The average molecular weight is 286 g/mol. The maximum absolute atomic E-state index is 12.5. The lowest BCUT2D eigenvalue weighted by Crippen LogP contribution is -2.39. The molecule has 5 nitrogen and oxygen atoms in total. The molecule has 1 atom stereocenters. The van der Waals surface area contributed by atoms with Gasteiger partial charge in [-0.1, -0.05) is 18.2 Å². The summed E-state index contributed by atoms with van der Waals surface area (Å²) in [4.78, 5) is 19.0. The number of likely N-dealkylation sites (N-methyl/N-ethyl adjacent to an activating group) is 1. The first-order valence-corrected chi connectivity index (χ1v) is 7.04. The number of nitrogens with one attached hydrogen (secondary N) is 2. The molecular weight excluding hydrogens is 264 g/mol. The van der Waals surface area contributed by atoms with E-state index < -0.39 is 0 Å². The Balaban J connectivity index is 2.33. The van der Waals surface area contributed by atoms with Crippen LogP contribution in [-0.4, -0.2) is 49.5 Å². The van der Waals surface area contributed by atoms with E-state index in [-0.39, 0.29) is 11.9 Å². The molecule has 2 N–H and O–H groups in total. The Kier molecular flexibility index (Phi) is 4.75. The molecule has 1 heterocycles. The van der Waals surface area contributed by atoms with Crippen LogP contribution in [0.1, 0.15) is 17.3 Å². The molecule has 1 aromatic carbocycles. The van der Waals surface area contributed by atoms with Crippen LogP contribution >= 0.6 is 0 Å². The van der Waals surface area contributed by atoms with E-state index >= 15 is 0 Å². The number of carbonyl (C=O) groups excluding carboxylic acids is 1. The van der Waals surface area contributed by atoms with Crippen molar-refractivity contribution in [3.63, 3.8) is 0 Å². The monoisotopic (exact) mass is 286 g/mol. The minimum Gasteiger partial charge on any atom is -0.373 e. The molecular formula is C16H22N4O. The molecule has 21 heavy (non-hydrogen) atoms. The van der Waals surface area contributed by atoms with E-state index in [1.54, 1.807) is 13.1 Å². The van der Waals surface area contributed by atoms with Crippen molar-refractivity contribution in [1.29, 1.82) is 0 Å². The lowest BCUT2D eigenvalue weighted by atomic mass is 10.1. The molecule has 112 valence electrons. The van der Waals surface area contributed by atoms with Crippen molar-refractivity contribution in [3.8, 4) is 0 Å². The van der Waals surface area contributed by atoms with E-state index in [9.17, 15) is 4.79 Å². The van der Waals surface area contributed by atoms with Crippen LogP contribution in [-0.2, 0) is 0 Å². The third-order valence-corrected chi connectivity index (χ3v) is 3.23. The second-order valence-electron chi connectivity index (χ2n) is 5.46. The van der Waals surface area contributed by atoms with Crippen molar-refractivity contribution in [2.45, 2.75) is 13.0 Å². The van der Waals surface area contributed by atoms with Crippen LogP contribution < -0.4 is 10.6 Å². The predicted octanol–water partition coefficient (Wildman–Crippen LogP) is 1.96. The third-order valence-electron chi connectivity index (χ3n) is 3.23. The first kappa shape index (κ1) is 15.3. The van der Waals surface area contributed by atoms with Gasteiger partial charge in [-0.05, 0) is 33.2 Å². The molecule has 1 unspecified atom stereocenters. The zero-order chi connectivity index (χ0) is 15.4. The number of benzene rings is 1. The quantitative estimate of drug-likeness (QED) is 0.882. The molecule has 2 rings (SSSR count). The summed E-state index contributed by atoms with van der Waals surface area (Å²) in [5.41, 5.74) is 1.46. The molecule has 0 aliphatic rings. The zero-order valence-electron chi connectivity index (χ0n) is 13.0. The Morgan fingerprint density at radius 2 is 2.05 bits per heavy atom. The summed E-state index contributed by atoms with van der Waals surface area (Å²) in [7, 11) is 5.78. The normalized spacial score (nSPS) is 12.4. The van der Waals surface area contributed by atoms with E-state index in [0.29, 0.717) is 11.4 Å². The topological polar surface area (TPSA) is 57.3 Å². The van der Waals surface area contributed by atoms with Gasteiger partial charge in [0.25, 0.3) is 5.91 Å². The number of pyridine rings is 1. The van der Waals surface area contributed by atoms with Gasteiger partial charge in [-0.2, -0.15) is 0 Å². The SMILES string of the molecule is CNc1cc(C(=O)NC(C)CN(C)C)c2ccccc2n1. The molecule has 1 aromatic heterocycles. The molecule has 0 fully saturated rings. The van der Waals surface area contributed by atoms with Gasteiger partial charge in [-0.25, -0.2) is 4.98 Å². The van der Waals surface area contributed by atoms with Gasteiger partial charge in [-0.15, -0.1) is 0 Å². The van der Waals surface area contributed by atoms with Crippen molar-refractivity contribution >= 4 is 22.6 Å². The van der Waals surface area contributed by atoms with Crippen LogP contribution in [0.2, 0.25) is 0 Å². The Bertz CT molecular complexity index is 639. The highest BCUT2D eigenvalue weighted by molar-refractivity contribution is 6.07. The summed E-state index contributed by atoms with van der Waals surface area (Å²) >= 11 is 0.